The Bertz CT molecular complexity index is 766. The Labute approximate surface area is 120 Å². The number of nitrogens with one attached hydrogen (secondary N) is 1. The normalized spacial score (nSPS) is 10.6. The van der Waals surface area contributed by atoms with Crippen molar-refractivity contribution in [3.63, 3.8) is 0 Å². The molecule has 1 aromatic heterocycles. The molecule has 0 fully saturated rings. The largest absolute Gasteiger partial charge is 0.381 e. The van der Waals surface area contributed by atoms with E-state index in [0.717, 1.165) is 21.5 Å². The summed E-state index contributed by atoms with van der Waals surface area (Å²) in [7, 11) is 0. The number of rotatable bonds is 4. The summed E-state index contributed by atoms with van der Waals surface area (Å²) in [5, 5.41) is 3.34. The van der Waals surface area contributed by atoms with Crippen molar-refractivity contribution in [1.82, 2.24) is 4.98 Å². The summed E-state index contributed by atoms with van der Waals surface area (Å²) in [5.41, 5.74) is 10.7. The first-order valence-corrected chi connectivity index (χ1v) is 7.06. The molecule has 5 heteroatoms. The van der Waals surface area contributed by atoms with Crippen molar-refractivity contribution in [3.05, 3.63) is 59.1 Å². The van der Waals surface area contributed by atoms with Crippen molar-refractivity contribution in [2.24, 2.45) is 5.73 Å². The minimum Gasteiger partial charge on any atom is -0.381 e. The molecule has 3 rings (SSSR count). The van der Waals surface area contributed by atoms with Crippen molar-refractivity contribution < 1.29 is 4.79 Å². The Hall–Kier alpha value is -2.40. The van der Waals surface area contributed by atoms with Gasteiger partial charge in [0.25, 0.3) is 0 Å². The molecule has 0 radical (unpaired) electrons. The number of nitrogens with zero attached hydrogens (tertiary/aromatic N) is 1. The number of fused-ring (bicyclic) bond motifs is 1. The van der Waals surface area contributed by atoms with Gasteiger partial charge in [-0.3, -0.25) is 4.79 Å². The van der Waals surface area contributed by atoms with Gasteiger partial charge < -0.3 is 11.1 Å². The lowest BCUT2D eigenvalue weighted by Crippen LogP contribution is -2.11. The Morgan fingerprint density at radius 3 is 3.00 bits per heavy atom. The summed E-state index contributed by atoms with van der Waals surface area (Å²) < 4.78 is 1.15. The average molecular weight is 283 g/mol. The fraction of sp³-hybridized carbons (Fsp3) is 0.0667. The molecule has 0 saturated carbocycles. The smallest absolute Gasteiger partial charge is 0.248 e. The van der Waals surface area contributed by atoms with Gasteiger partial charge in [0.1, 0.15) is 0 Å². The molecule has 0 atom stereocenters. The number of amides is 1. The number of benzene rings is 2. The van der Waals surface area contributed by atoms with Crippen LogP contribution in [0.25, 0.3) is 10.2 Å². The van der Waals surface area contributed by atoms with Crippen LogP contribution in [-0.4, -0.2) is 10.9 Å². The maximum absolute atomic E-state index is 11.1. The van der Waals surface area contributed by atoms with E-state index in [9.17, 15) is 4.79 Å². The monoisotopic (exact) mass is 283 g/mol. The standard InChI is InChI=1S/C15H13N3OS/c16-15(19)11-3-1-2-10(6-11)8-17-12-4-5-13-14(7-12)20-9-18-13/h1-7,9,17H,8H2,(H2,16,19). The zero-order valence-corrected chi connectivity index (χ0v) is 11.5. The Morgan fingerprint density at radius 2 is 2.15 bits per heavy atom. The molecule has 3 aromatic rings. The van der Waals surface area contributed by atoms with Crippen LogP contribution in [0.1, 0.15) is 15.9 Å². The lowest BCUT2D eigenvalue weighted by Gasteiger charge is -2.07. The van der Waals surface area contributed by atoms with Crippen LogP contribution in [0.4, 0.5) is 5.69 Å². The number of nitrogens with two attached hydrogens (primary N) is 1. The molecular formula is C15H13N3OS. The Morgan fingerprint density at radius 1 is 1.25 bits per heavy atom. The predicted molar refractivity (Wildman–Crippen MR) is 81.9 cm³/mol. The molecule has 0 saturated heterocycles. The summed E-state index contributed by atoms with van der Waals surface area (Å²) in [6, 6.07) is 13.4. The van der Waals surface area contributed by atoms with E-state index in [4.69, 9.17) is 5.73 Å². The lowest BCUT2D eigenvalue weighted by molar-refractivity contribution is 0.1000. The molecule has 1 heterocycles. The van der Waals surface area contributed by atoms with E-state index in [-0.39, 0.29) is 0 Å². The minimum absolute atomic E-state index is 0.405. The van der Waals surface area contributed by atoms with E-state index in [1.807, 2.05) is 29.8 Å². The van der Waals surface area contributed by atoms with E-state index in [1.54, 1.807) is 23.5 Å². The number of primary amides is 1. The first-order valence-electron chi connectivity index (χ1n) is 6.18. The molecule has 0 bridgehead atoms. The van der Waals surface area contributed by atoms with Gasteiger partial charge in [0.15, 0.2) is 0 Å². The third-order valence-electron chi connectivity index (χ3n) is 3.04. The minimum atomic E-state index is -0.405. The van der Waals surface area contributed by atoms with E-state index in [1.165, 1.54) is 0 Å². The molecule has 3 N–H and O–H groups in total. The first kappa shape index (κ1) is 12.6. The Balaban J connectivity index is 1.75. The van der Waals surface area contributed by atoms with Crippen LogP contribution in [0.5, 0.6) is 0 Å². The number of carbonyl (C=O) groups excluding carboxylic acids is 1. The molecule has 0 spiro atoms. The van der Waals surface area contributed by atoms with Crippen LogP contribution >= 0.6 is 11.3 Å². The highest BCUT2D eigenvalue weighted by atomic mass is 32.1. The Kier molecular flexibility index (Phi) is 3.35. The maximum atomic E-state index is 11.1. The highest BCUT2D eigenvalue weighted by Gasteiger charge is 2.02. The summed E-state index contributed by atoms with van der Waals surface area (Å²) in [4.78, 5) is 15.4. The van der Waals surface area contributed by atoms with Crippen molar-refractivity contribution >= 4 is 33.1 Å². The molecule has 1 amide bonds. The third kappa shape index (κ3) is 2.62. The average Bonchev–Trinajstić information content (AvgIpc) is 2.93. The first-order chi connectivity index (χ1) is 9.72. The summed E-state index contributed by atoms with van der Waals surface area (Å²) in [6.07, 6.45) is 0. The van der Waals surface area contributed by atoms with Gasteiger partial charge >= 0.3 is 0 Å². The van der Waals surface area contributed by atoms with E-state index < -0.39 is 5.91 Å². The molecule has 4 nitrogen and oxygen atoms in total. The number of carbonyl (C=O) groups is 1. The van der Waals surface area contributed by atoms with Gasteiger partial charge in [0, 0.05) is 17.8 Å². The van der Waals surface area contributed by atoms with Crippen LogP contribution in [0.15, 0.2) is 48.0 Å². The summed E-state index contributed by atoms with van der Waals surface area (Å²) in [5.74, 6) is -0.405. The van der Waals surface area contributed by atoms with Crippen LogP contribution < -0.4 is 11.1 Å². The highest BCUT2D eigenvalue weighted by molar-refractivity contribution is 7.16. The van der Waals surface area contributed by atoms with Gasteiger partial charge in [0.05, 0.1) is 15.7 Å². The highest BCUT2D eigenvalue weighted by Crippen LogP contribution is 2.22. The lowest BCUT2D eigenvalue weighted by atomic mass is 10.1. The quantitative estimate of drug-likeness (QED) is 0.773. The number of thiazole rings is 1. The second kappa shape index (κ2) is 5.30. The molecule has 0 aliphatic carbocycles. The number of hydrogen-bond acceptors (Lipinski definition) is 4. The number of hydrogen-bond donors (Lipinski definition) is 2. The topological polar surface area (TPSA) is 68.0 Å². The predicted octanol–water partition coefficient (Wildman–Crippen LogP) is 3.01. The molecule has 20 heavy (non-hydrogen) atoms. The van der Waals surface area contributed by atoms with Gasteiger partial charge in [0.2, 0.25) is 5.91 Å². The van der Waals surface area contributed by atoms with Gasteiger partial charge in [-0.2, -0.15) is 0 Å². The van der Waals surface area contributed by atoms with Crippen molar-refractivity contribution in [2.45, 2.75) is 6.54 Å². The van der Waals surface area contributed by atoms with Crippen molar-refractivity contribution in [2.75, 3.05) is 5.32 Å². The van der Waals surface area contributed by atoms with E-state index in [2.05, 4.69) is 16.4 Å². The maximum Gasteiger partial charge on any atom is 0.248 e. The summed E-state index contributed by atoms with van der Waals surface area (Å²) in [6.45, 7) is 0.644. The zero-order chi connectivity index (χ0) is 13.9. The number of aromatic nitrogens is 1. The molecule has 2 aromatic carbocycles. The molecule has 100 valence electrons. The fourth-order valence-electron chi connectivity index (χ4n) is 2.00. The van der Waals surface area contributed by atoms with Crippen LogP contribution in [0.2, 0.25) is 0 Å². The van der Waals surface area contributed by atoms with Gasteiger partial charge in [-0.25, -0.2) is 4.98 Å². The van der Waals surface area contributed by atoms with Gasteiger partial charge in [-0.05, 0) is 35.9 Å². The van der Waals surface area contributed by atoms with Crippen LogP contribution in [-0.2, 0) is 6.54 Å². The molecular weight excluding hydrogens is 270 g/mol. The second-order valence-corrected chi connectivity index (χ2v) is 5.34. The van der Waals surface area contributed by atoms with Crippen molar-refractivity contribution in [3.8, 4) is 0 Å². The second-order valence-electron chi connectivity index (χ2n) is 4.45. The zero-order valence-electron chi connectivity index (χ0n) is 10.7. The van der Waals surface area contributed by atoms with Crippen LogP contribution in [0, 0.1) is 0 Å². The fourth-order valence-corrected chi connectivity index (χ4v) is 2.72. The van der Waals surface area contributed by atoms with Crippen LogP contribution in [0.3, 0.4) is 0 Å². The molecule has 0 aliphatic rings. The third-order valence-corrected chi connectivity index (χ3v) is 3.83. The van der Waals surface area contributed by atoms with E-state index in [0.29, 0.717) is 12.1 Å². The van der Waals surface area contributed by atoms with E-state index >= 15 is 0 Å². The molecule has 0 unspecified atom stereocenters. The van der Waals surface area contributed by atoms with Crippen molar-refractivity contribution in [1.29, 1.82) is 0 Å². The SMILES string of the molecule is NC(=O)c1cccc(CNc2ccc3ncsc3c2)c1. The number of anilines is 1. The van der Waals surface area contributed by atoms with Gasteiger partial charge in [-0.1, -0.05) is 12.1 Å². The summed E-state index contributed by atoms with van der Waals surface area (Å²) >= 11 is 1.62. The molecule has 0 aliphatic heterocycles. The van der Waals surface area contributed by atoms with Gasteiger partial charge in [-0.15, -0.1) is 11.3 Å².